The van der Waals surface area contributed by atoms with Crippen molar-refractivity contribution in [3.8, 4) is 5.75 Å². The maximum absolute atomic E-state index is 12.3. The molecular formula is C18H26N2O2. The molecule has 2 saturated heterocycles. The number of piperidine rings is 1. The highest BCUT2D eigenvalue weighted by Crippen LogP contribution is 2.24. The molecule has 4 heteroatoms. The van der Waals surface area contributed by atoms with E-state index >= 15 is 0 Å². The molecule has 0 aliphatic carbocycles. The highest BCUT2D eigenvalue weighted by Gasteiger charge is 2.34. The predicted molar refractivity (Wildman–Crippen MR) is 87.1 cm³/mol. The number of amides is 1. The zero-order valence-electron chi connectivity index (χ0n) is 13.6. The third-order valence-electron chi connectivity index (χ3n) is 4.92. The Morgan fingerprint density at radius 1 is 1.27 bits per heavy atom. The van der Waals surface area contributed by atoms with E-state index in [9.17, 15) is 4.79 Å². The summed E-state index contributed by atoms with van der Waals surface area (Å²) >= 11 is 0. The normalized spacial score (nSPS) is 23.2. The molecule has 22 heavy (non-hydrogen) atoms. The largest absolute Gasteiger partial charge is 0.486 e. The molecule has 0 aromatic heterocycles. The van der Waals surface area contributed by atoms with Gasteiger partial charge in [0.1, 0.15) is 11.9 Å². The van der Waals surface area contributed by atoms with E-state index in [2.05, 4.69) is 24.9 Å². The number of benzene rings is 1. The van der Waals surface area contributed by atoms with E-state index in [1.165, 1.54) is 12.8 Å². The van der Waals surface area contributed by atoms with E-state index < -0.39 is 0 Å². The lowest BCUT2D eigenvalue weighted by Crippen LogP contribution is -2.57. The van der Waals surface area contributed by atoms with Gasteiger partial charge in [-0.1, -0.05) is 24.6 Å². The Morgan fingerprint density at radius 3 is 2.77 bits per heavy atom. The van der Waals surface area contributed by atoms with Crippen LogP contribution in [0.2, 0.25) is 0 Å². The first kappa shape index (κ1) is 15.3. The number of ether oxygens (including phenoxy) is 1. The summed E-state index contributed by atoms with van der Waals surface area (Å²) in [5, 5.41) is 0. The lowest BCUT2D eigenvalue weighted by molar-refractivity contribution is -0.141. The second-order valence-corrected chi connectivity index (χ2v) is 6.64. The number of para-hydroxylation sites is 1. The van der Waals surface area contributed by atoms with Crippen LogP contribution in [0.25, 0.3) is 0 Å². The summed E-state index contributed by atoms with van der Waals surface area (Å²) in [4.78, 5) is 16.6. The maximum Gasteiger partial charge on any atom is 0.224 e. The molecule has 1 aromatic carbocycles. The molecule has 0 spiro atoms. The number of nitrogens with zero attached hydrogens (tertiary/aromatic N) is 2. The number of carbonyl (C=O) groups is 1. The van der Waals surface area contributed by atoms with Gasteiger partial charge in [0.15, 0.2) is 0 Å². The van der Waals surface area contributed by atoms with Gasteiger partial charge < -0.3 is 14.5 Å². The van der Waals surface area contributed by atoms with Crippen molar-refractivity contribution in [1.82, 2.24) is 9.80 Å². The Morgan fingerprint density at radius 2 is 2.05 bits per heavy atom. The number of aryl methyl sites for hydroxylation is 1. The Bertz CT molecular complexity index is 526. The van der Waals surface area contributed by atoms with Gasteiger partial charge in [0, 0.05) is 12.5 Å². The zero-order chi connectivity index (χ0) is 15.5. The van der Waals surface area contributed by atoms with E-state index in [1.807, 2.05) is 23.1 Å². The lowest BCUT2D eigenvalue weighted by atomic mass is 9.98. The SMILES string of the molecule is Cc1ccccc1OC1CN(C(=O)C[C@@H]2CCCCN2C)C1. The van der Waals surface area contributed by atoms with Crippen LogP contribution in [0.3, 0.4) is 0 Å². The minimum Gasteiger partial charge on any atom is -0.486 e. The van der Waals surface area contributed by atoms with E-state index in [0.717, 1.165) is 37.4 Å². The quantitative estimate of drug-likeness (QED) is 0.856. The van der Waals surface area contributed by atoms with Crippen molar-refractivity contribution in [2.75, 3.05) is 26.7 Å². The molecule has 4 nitrogen and oxygen atoms in total. The summed E-state index contributed by atoms with van der Waals surface area (Å²) in [5.74, 6) is 1.22. The van der Waals surface area contributed by atoms with Crippen molar-refractivity contribution < 1.29 is 9.53 Å². The van der Waals surface area contributed by atoms with Crippen molar-refractivity contribution in [2.24, 2.45) is 0 Å². The molecule has 1 aromatic rings. The highest BCUT2D eigenvalue weighted by molar-refractivity contribution is 5.77. The van der Waals surface area contributed by atoms with Gasteiger partial charge in [-0.05, 0) is 45.0 Å². The lowest BCUT2D eigenvalue weighted by Gasteiger charge is -2.41. The van der Waals surface area contributed by atoms with Crippen LogP contribution in [-0.4, -0.2) is 54.5 Å². The van der Waals surface area contributed by atoms with Crippen LogP contribution >= 0.6 is 0 Å². The molecule has 0 unspecified atom stereocenters. The predicted octanol–water partition coefficient (Wildman–Crippen LogP) is 2.46. The minimum atomic E-state index is 0.147. The van der Waals surface area contributed by atoms with Gasteiger partial charge in [-0.2, -0.15) is 0 Å². The van der Waals surface area contributed by atoms with Crippen LogP contribution in [0, 0.1) is 6.92 Å². The Kier molecular flexibility index (Phi) is 4.67. The van der Waals surface area contributed by atoms with E-state index in [1.54, 1.807) is 0 Å². The molecule has 120 valence electrons. The Hall–Kier alpha value is -1.55. The Labute approximate surface area is 133 Å². The topological polar surface area (TPSA) is 32.8 Å². The average Bonchev–Trinajstić information content (AvgIpc) is 2.46. The van der Waals surface area contributed by atoms with E-state index in [0.29, 0.717) is 12.5 Å². The summed E-state index contributed by atoms with van der Waals surface area (Å²) in [6, 6.07) is 8.48. The molecule has 0 saturated carbocycles. The van der Waals surface area contributed by atoms with Crippen molar-refractivity contribution in [3.63, 3.8) is 0 Å². The zero-order valence-corrected chi connectivity index (χ0v) is 13.6. The third kappa shape index (κ3) is 3.43. The first-order valence-electron chi connectivity index (χ1n) is 8.34. The molecule has 1 amide bonds. The van der Waals surface area contributed by atoms with Crippen LogP contribution < -0.4 is 4.74 Å². The minimum absolute atomic E-state index is 0.147. The molecule has 2 aliphatic heterocycles. The van der Waals surface area contributed by atoms with Gasteiger partial charge in [0.25, 0.3) is 0 Å². The first-order chi connectivity index (χ1) is 10.6. The van der Waals surface area contributed by atoms with Gasteiger partial charge in [0.2, 0.25) is 5.91 Å². The molecule has 0 radical (unpaired) electrons. The molecule has 2 fully saturated rings. The number of likely N-dealkylation sites (tertiary alicyclic amines) is 2. The van der Waals surface area contributed by atoms with E-state index in [4.69, 9.17) is 4.74 Å². The third-order valence-corrected chi connectivity index (χ3v) is 4.92. The van der Waals surface area contributed by atoms with Gasteiger partial charge in [0.05, 0.1) is 13.1 Å². The summed E-state index contributed by atoms with van der Waals surface area (Å²) < 4.78 is 5.97. The van der Waals surface area contributed by atoms with Crippen molar-refractivity contribution in [3.05, 3.63) is 29.8 Å². The molecule has 2 aliphatic rings. The van der Waals surface area contributed by atoms with Crippen molar-refractivity contribution in [2.45, 2.75) is 44.8 Å². The van der Waals surface area contributed by atoms with Gasteiger partial charge in [-0.3, -0.25) is 4.79 Å². The van der Waals surface area contributed by atoms with Crippen molar-refractivity contribution in [1.29, 1.82) is 0 Å². The van der Waals surface area contributed by atoms with Crippen LogP contribution in [0.15, 0.2) is 24.3 Å². The summed E-state index contributed by atoms with van der Waals surface area (Å²) in [6.45, 7) is 4.63. The second kappa shape index (κ2) is 6.69. The summed E-state index contributed by atoms with van der Waals surface area (Å²) in [5.41, 5.74) is 1.15. The Balaban J connectivity index is 1.44. The van der Waals surface area contributed by atoms with Crippen LogP contribution in [-0.2, 0) is 4.79 Å². The van der Waals surface area contributed by atoms with Gasteiger partial charge >= 0.3 is 0 Å². The second-order valence-electron chi connectivity index (χ2n) is 6.64. The number of hydrogen-bond donors (Lipinski definition) is 0. The van der Waals surface area contributed by atoms with Crippen LogP contribution in [0.4, 0.5) is 0 Å². The first-order valence-corrected chi connectivity index (χ1v) is 8.34. The molecule has 3 rings (SSSR count). The molecule has 1 atom stereocenters. The smallest absolute Gasteiger partial charge is 0.224 e. The maximum atomic E-state index is 12.3. The van der Waals surface area contributed by atoms with Gasteiger partial charge in [-0.25, -0.2) is 0 Å². The standard InChI is InChI=1S/C18H26N2O2/c1-14-7-3-4-9-17(14)22-16-12-20(13-16)18(21)11-15-8-5-6-10-19(15)2/h3-4,7,9,15-16H,5-6,8,10-13H2,1-2H3/t15-/m0/s1. The number of hydrogen-bond acceptors (Lipinski definition) is 3. The number of rotatable bonds is 4. The molecule has 0 N–H and O–H groups in total. The fourth-order valence-electron chi connectivity index (χ4n) is 3.32. The summed E-state index contributed by atoms with van der Waals surface area (Å²) in [6.07, 6.45) is 4.47. The highest BCUT2D eigenvalue weighted by atomic mass is 16.5. The fourth-order valence-corrected chi connectivity index (χ4v) is 3.32. The van der Waals surface area contributed by atoms with E-state index in [-0.39, 0.29) is 12.0 Å². The monoisotopic (exact) mass is 302 g/mol. The molecule has 0 bridgehead atoms. The summed E-state index contributed by atoms with van der Waals surface area (Å²) in [7, 11) is 2.14. The fraction of sp³-hybridized carbons (Fsp3) is 0.611. The number of carbonyl (C=O) groups excluding carboxylic acids is 1. The molecular weight excluding hydrogens is 276 g/mol. The van der Waals surface area contributed by atoms with Crippen molar-refractivity contribution >= 4 is 5.91 Å². The van der Waals surface area contributed by atoms with Gasteiger partial charge in [-0.15, -0.1) is 0 Å². The van der Waals surface area contributed by atoms with Crippen LogP contribution in [0.1, 0.15) is 31.2 Å². The average molecular weight is 302 g/mol. The molecule has 2 heterocycles. The van der Waals surface area contributed by atoms with Crippen LogP contribution in [0.5, 0.6) is 5.75 Å².